The molecule has 0 spiro atoms. The van der Waals surface area contributed by atoms with Crippen molar-refractivity contribution in [2.24, 2.45) is 5.73 Å². The van der Waals surface area contributed by atoms with E-state index in [1.807, 2.05) is 31.0 Å². The number of rotatable bonds is 7. The molecule has 3 heterocycles. The molecule has 1 aliphatic rings. The zero-order valence-electron chi connectivity index (χ0n) is 16.9. The molecule has 1 amide bonds. The van der Waals surface area contributed by atoms with Crippen LogP contribution in [0.5, 0.6) is 0 Å². The van der Waals surface area contributed by atoms with Crippen LogP contribution in [0.2, 0.25) is 0 Å². The van der Waals surface area contributed by atoms with Gasteiger partial charge >= 0.3 is 0 Å². The lowest BCUT2D eigenvalue weighted by Crippen LogP contribution is -2.47. The molecule has 1 aliphatic heterocycles. The molecule has 0 aliphatic carbocycles. The lowest BCUT2D eigenvalue weighted by atomic mass is 9.95. The number of aryl methyl sites for hydroxylation is 2. The van der Waals surface area contributed by atoms with Crippen LogP contribution in [0, 0.1) is 13.8 Å². The molecular formula is C20H30N6OS. The first-order valence-corrected chi connectivity index (χ1v) is 10.9. The number of nitrogens with one attached hydrogen (secondary N) is 1. The topological polar surface area (TPSA) is 97.0 Å². The van der Waals surface area contributed by atoms with Crippen LogP contribution in [0.25, 0.3) is 0 Å². The number of carbonyl (C=O) groups is 1. The number of likely N-dealkylation sites (tertiary alicyclic amines) is 1. The van der Waals surface area contributed by atoms with Crippen LogP contribution >= 0.6 is 11.3 Å². The highest BCUT2D eigenvalue weighted by atomic mass is 32.1. The molecule has 8 heteroatoms. The maximum absolute atomic E-state index is 12.5. The summed E-state index contributed by atoms with van der Waals surface area (Å²) in [5.74, 6) is 1.96. The second-order valence-corrected chi connectivity index (χ2v) is 8.74. The number of amides is 1. The third-order valence-electron chi connectivity index (χ3n) is 5.09. The molecule has 3 rings (SSSR count). The molecule has 1 saturated heterocycles. The van der Waals surface area contributed by atoms with E-state index >= 15 is 0 Å². The summed E-state index contributed by atoms with van der Waals surface area (Å²) in [5, 5.41) is 4.12. The number of hydrogen-bond donors (Lipinski definition) is 2. The van der Waals surface area contributed by atoms with Crippen molar-refractivity contribution in [1.82, 2.24) is 19.9 Å². The van der Waals surface area contributed by atoms with Gasteiger partial charge in [-0.15, -0.1) is 11.3 Å². The van der Waals surface area contributed by atoms with E-state index in [4.69, 9.17) is 10.7 Å². The van der Waals surface area contributed by atoms with Gasteiger partial charge in [0.2, 0.25) is 5.91 Å². The Kier molecular flexibility index (Phi) is 6.96. The van der Waals surface area contributed by atoms with E-state index in [0.29, 0.717) is 0 Å². The Labute approximate surface area is 170 Å². The van der Waals surface area contributed by atoms with E-state index in [2.05, 4.69) is 22.2 Å². The second kappa shape index (κ2) is 9.43. The SMILES string of the molecule is CCCCC(N)C(=O)N1CCC(c2nc(C)cc(Nc3ncc(C)s3)n2)CC1. The van der Waals surface area contributed by atoms with Gasteiger partial charge in [-0.2, -0.15) is 0 Å². The van der Waals surface area contributed by atoms with Gasteiger partial charge < -0.3 is 16.0 Å². The fraction of sp³-hybridized carbons (Fsp3) is 0.600. The molecule has 28 heavy (non-hydrogen) atoms. The van der Waals surface area contributed by atoms with Crippen molar-refractivity contribution in [3.63, 3.8) is 0 Å². The van der Waals surface area contributed by atoms with Gasteiger partial charge in [-0.25, -0.2) is 15.0 Å². The number of unbranched alkanes of at least 4 members (excludes halogenated alkanes) is 1. The highest BCUT2D eigenvalue weighted by Gasteiger charge is 2.28. The van der Waals surface area contributed by atoms with Crippen LogP contribution in [0.1, 0.15) is 61.3 Å². The largest absolute Gasteiger partial charge is 0.341 e. The zero-order valence-corrected chi connectivity index (χ0v) is 17.8. The van der Waals surface area contributed by atoms with Crippen LogP contribution in [0.3, 0.4) is 0 Å². The molecular weight excluding hydrogens is 372 g/mol. The number of anilines is 2. The molecule has 152 valence electrons. The Balaban J connectivity index is 1.61. The molecule has 7 nitrogen and oxygen atoms in total. The highest BCUT2D eigenvalue weighted by Crippen LogP contribution is 2.28. The van der Waals surface area contributed by atoms with Gasteiger partial charge in [-0.1, -0.05) is 19.8 Å². The van der Waals surface area contributed by atoms with E-state index < -0.39 is 0 Å². The van der Waals surface area contributed by atoms with Crippen LogP contribution < -0.4 is 11.1 Å². The minimum Gasteiger partial charge on any atom is -0.341 e. The summed E-state index contributed by atoms with van der Waals surface area (Å²) in [7, 11) is 0. The molecule has 0 bridgehead atoms. The van der Waals surface area contributed by atoms with Crippen molar-refractivity contribution in [3.8, 4) is 0 Å². The summed E-state index contributed by atoms with van der Waals surface area (Å²) >= 11 is 1.60. The molecule has 0 radical (unpaired) electrons. The third kappa shape index (κ3) is 5.26. The predicted molar refractivity (Wildman–Crippen MR) is 113 cm³/mol. The first-order chi connectivity index (χ1) is 13.5. The second-order valence-electron chi connectivity index (χ2n) is 7.50. The zero-order chi connectivity index (χ0) is 20.1. The lowest BCUT2D eigenvalue weighted by molar-refractivity contribution is -0.133. The molecule has 1 atom stereocenters. The summed E-state index contributed by atoms with van der Waals surface area (Å²) in [6.45, 7) is 7.56. The van der Waals surface area contributed by atoms with E-state index in [9.17, 15) is 4.79 Å². The lowest BCUT2D eigenvalue weighted by Gasteiger charge is -2.33. The number of nitrogens with zero attached hydrogens (tertiary/aromatic N) is 4. The molecule has 3 N–H and O–H groups in total. The Morgan fingerprint density at radius 3 is 2.75 bits per heavy atom. The normalized spacial score (nSPS) is 16.2. The number of thiazole rings is 1. The maximum Gasteiger partial charge on any atom is 0.239 e. The van der Waals surface area contributed by atoms with Gasteiger partial charge in [-0.3, -0.25) is 4.79 Å². The highest BCUT2D eigenvalue weighted by molar-refractivity contribution is 7.15. The van der Waals surface area contributed by atoms with Gasteiger partial charge in [0.15, 0.2) is 5.13 Å². The molecule has 1 fully saturated rings. The van der Waals surface area contributed by atoms with Crippen molar-refractivity contribution in [3.05, 3.63) is 28.7 Å². The fourth-order valence-electron chi connectivity index (χ4n) is 3.50. The van der Waals surface area contributed by atoms with Crippen molar-refractivity contribution >= 4 is 28.2 Å². The first kappa shape index (κ1) is 20.7. The maximum atomic E-state index is 12.5. The number of carbonyl (C=O) groups excluding carboxylic acids is 1. The number of hydrogen-bond acceptors (Lipinski definition) is 7. The van der Waals surface area contributed by atoms with E-state index in [1.165, 1.54) is 0 Å². The average molecular weight is 403 g/mol. The summed E-state index contributed by atoms with van der Waals surface area (Å²) in [6, 6.07) is 1.57. The quantitative estimate of drug-likeness (QED) is 0.735. The van der Waals surface area contributed by atoms with E-state index in [0.717, 1.165) is 72.5 Å². The smallest absolute Gasteiger partial charge is 0.239 e. The summed E-state index contributed by atoms with van der Waals surface area (Å²) in [5.41, 5.74) is 7.00. The van der Waals surface area contributed by atoms with E-state index in [1.54, 1.807) is 11.3 Å². The van der Waals surface area contributed by atoms with Gasteiger partial charge in [-0.05, 0) is 33.1 Å². The van der Waals surface area contributed by atoms with Crippen LogP contribution in [0.15, 0.2) is 12.3 Å². The minimum absolute atomic E-state index is 0.0820. The Morgan fingerprint density at radius 1 is 1.36 bits per heavy atom. The van der Waals surface area contributed by atoms with Gasteiger partial charge in [0.25, 0.3) is 0 Å². The first-order valence-electron chi connectivity index (χ1n) is 10.1. The summed E-state index contributed by atoms with van der Waals surface area (Å²) in [4.78, 5) is 29.3. The Bertz CT molecular complexity index is 800. The summed E-state index contributed by atoms with van der Waals surface area (Å²) in [6.07, 6.45) is 6.40. The number of piperidine rings is 1. The molecule has 0 saturated carbocycles. The van der Waals surface area contributed by atoms with Crippen molar-refractivity contribution in [2.75, 3.05) is 18.4 Å². The van der Waals surface area contributed by atoms with Crippen molar-refractivity contribution in [1.29, 1.82) is 0 Å². The summed E-state index contributed by atoms with van der Waals surface area (Å²) < 4.78 is 0. The average Bonchev–Trinajstić information content (AvgIpc) is 3.09. The number of aromatic nitrogens is 3. The molecule has 2 aromatic rings. The standard InChI is InChI=1S/C20H30N6OS/c1-4-5-6-16(21)19(27)26-9-7-15(8-10-26)18-23-13(2)11-17(24-18)25-20-22-12-14(3)28-20/h11-12,15-16H,4-10,21H2,1-3H3,(H,22,23,24,25). The van der Waals surface area contributed by atoms with Gasteiger partial charge in [0.1, 0.15) is 11.6 Å². The monoisotopic (exact) mass is 402 g/mol. The van der Waals surface area contributed by atoms with E-state index in [-0.39, 0.29) is 17.9 Å². The van der Waals surface area contributed by atoms with Crippen molar-refractivity contribution < 1.29 is 4.79 Å². The van der Waals surface area contributed by atoms with Gasteiger partial charge in [0.05, 0.1) is 6.04 Å². The van der Waals surface area contributed by atoms with Crippen LogP contribution in [-0.4, -0.2) is 44.9 Å². The predicted octanol–water partition coefficient (Wildman–Crippen LogP) is 3.52. The van der Waals surface area contributed by atoms with Crippen molar-refractivity contribution in [2.45, 2.75) is 64.8 Å². The molecule has 1 unspecified atom stereocenters. The minimum atomic E-state index is -0.371. The molecule has 0 aromatic carbocycles. The van der Waals surface area contributed by atoms with Crippen LogP contribution in [-0.2, 0) is 4.79 Å². The molecule has 2 aromatic heterocycles. The van der Waals surface area contributed by atoms with Crippen LogP contribution in [0.4, 0.5) is 10.9 Å². The number of nitrogens with two attached hydrogens (primary N) is 1. The fourth-order valence-corrected chi connectivity index (χ4v) is 4.17. The van der Waals surface area contributed by atoms with Gasteiger partial charge in [0, 0.05) is 41.8 Å². The Hall–Kier alpha value is -2.06. The Morgan fingerprint density at radius 2 is 2.11 bits per heavy atom. The third-order valence-corrected chi connectivity index (χ3v) is 5.91.